The number of ether oxygens (including phenoxy) is 2. The molecule has 27 heavy (non-hydrogen) atoms. The van der Waals surface area contributed by atoms with E-state index in [0.29, 0.717) is 26.9 Å². The number of carbonyl (C=O) groups excluding carboxylic acids is 1. The number of anilines is 2. The molecule has 0 atom stereocenters. The normalized spacial score (nSPS) is 11.0. The molecule has 11 heteroatoms. The summed E-state index contributed by atoms with van der Waals surface area (Å²) in [6.07, 6.45) is 1.54. The zero-order chi connectivity index (χ0) is 19.4. The first-order valence-electron chi connectivity index (χ1n) is 7.75. The maximum Gasteiger partial charge on any atom is 0.302 e. The standard InChI is InChI=1S/C16H14Cl3N5O3/c1-9(25)27-3-2-26-8-24-7-20-13-14(19)22-16(23-15(13)24)21-12-5-10(17)4-11(18)6-12/h4-7H,2-3,8H2,1H3,(H,21,22,23). The Hall–Kier alpha value is -2.13. The molecule has 0 unspecified atom stereocenters. The molecule has 0 saturated carbocycles. The second-order valence-corrected chi connectivity index (χ2v) is 6.62. The highest BCUT2D eigenvalue weighted by atomic mass is 35.5. The van der Waals surface area contributed by atoms with E-state index in [-0.39, 0.29) is 37.0 Å². The number of benzene rings is 1. The van der Waals surface area contributed by atoms with E-state index >= 15 is 0 Å². The number of hydrogen-bond donors (Lipinski definition) is 1. The summed E-state index contributed by atoms with van der Waals surface area (Å²) in [6.45, 7) is 1.90. The fraction of sp³-hybridized carbons (Fsp3) is 0.250. The Bertz CT molecular complexity index is 959. The summed E-state index contributed by atoms with van der Waals surface area (Å²) < 4.78 is 11.9. The largest absolute Gasteiger partial charge is 0.463 e. The first-order valence-corrected chi connectivity index (χ1v) is 8.88. The quantitative estimate of drug-likeness (QED) is 0.343. The van der Waals surface area contributed by atoms with Crippen LogP contribution >= 0.6 is 34.8 Å². The fourth-order valence-corrected chi connectivity index (χ4v) is 2.96. The van der Waals surface area contributed by atoms with E-state index < -0.39 is 0 Å². The topological polar surface area (TPSA) is 91.2 Å². The lowest BCUT2D eigenvalue weighted by atomic mass is 10.3. The van der Waals surface area contributed by atoms with Crippen LogP contribution in [0.4, 0.5) is 11.6 Å². The van der Waals surface area contributed by atoms with Crippen LogP contribution < -0.4 is 5.32 Å². The summed E-state index contributed by atoms with van der Waals surface area (Å²) in [5, 5.41) is 4.15. The van der Waals surface area contributed by atoms with E-state index in [1.54, 1.807) is 22.8 Å². The minimum absolute atomic E-state index is 0.160. The average Bonchev–Trinajstić information content (AvgIpc) is 2.97. The Morgan fingerprint density at radius 1 is 1.15 bits per heavy atom. The van der Waals surface area contributed by atoms with Crippen LogP contribution in [0.25, 0.3) is 11.2 Å². The molecular weight excluding hydrogens is 417 g/mol. The summed E-state index contributed by atoms with van der Waals surface area (Å²) in [5.74, 6) is -0.101. The lowest BCUT2D eigenvalue weighted by Gasteiger charge is -2.09. The number of nitrogens with zero attached hydrogens (tertiary/aromatic N) is 4. The van der Waals surface area contributed by atoms with E-state index in [2.05, 4.69) is 20.3 Å². The van der Waals surface area contributed by atoms with E-state index in [4.69, 9.17) is 44.3 Å². The first-order chi connectivity index (χ1) is 12.9. The van der Waals surface area contributed by atoms with Crippen LogP contribution in [0.2, 0.25) is 15.2 Å². The zero-order valence-electron chi connectivity index (χ0n) is 14.1. The highest BCUT2D eigenvalue weighted by molar-refractivity contribution is 6.35. The van der Waals surface area contributed by atoms with Gasteiger partial charge in [-0.2, -0.15) is 9.97 Å². The van der Waals surface area contributed by atoms with Gasteiger partial charge < -0.3 is 14.8 Å². The van der Waals surface area contributed by atoms with Gasteiger partial charge in [-0.15, -0.1) is 0 Å². The summed E-state index contributed by atoms with van der Waals surface area (Å²) in [4.78, 5) is 23.5. The molecule has 2 aromatic heterocycles. The Labute approximate surface area is 169 Å². The van der Waals surface area contributed by atoms with E-state index in [1.165, 1.54) is 13.3 Å². The molecular formula is C16H14Cl3N5O3. The summed E-state index contributed by atoms with van der Waals surface area (Å²) in [6, 6.07) is 4.99. The predicted octanol–water partition coefficient (Wildman–Crippen LogP) is 4.07. The predicted molar refractivity (Wildman–Crippen MR) is 103 cm³/mol. The third kappa shape index (κ3) is 5.20. The van der Waals surface area contributed by atoms with Gasteiger partial charge in [-0.3, -0.25) is 9.36 Å². The van der Waals surface area contributed by atoms with Crippen LogP contribution in [-0.4, -0.2) is 38.7 Å². The highest BCUT2D eigenvalue weighted by Gasteiger charge is 2.12. The third-order valence-corrected chi connectivity index (χ3v) is 4.00. The molecule has 0 fully saturated rings. The summed E-state index contributed by atoms with van der Waals surface area (Å²) >= 11 is 18.2. The Morgan fingerprint density at radius 3 is 2.59 bits per heavy atom. The monoisotopic (exact) mass is 429 g/mol. The van der Waals surface area contributed by atoms with Gasteiger partial charge in [0.05, 0.1) is 12.9 Å². The van der Waals surface area contributed by atoms with Crippen LogP contribution in [-0.2, 0) is 21.0 Å². The lowest BCUT2D eigenvalue weighted by Crippen LogP contribution is -2.10. The number of nitrogens with one attached hydrogen (secondary N) is 1. The number of fused-ring (bicyclic) bond motifs is 1. The van der Waals surface area contributed by atoms with Crippen molar-refractivity contribution in [3.05, 3.63) is 39.7 Å². The Balaban J connectivity index is 1.76. The molecule has 3 rings (SSSR count). The van der Waals surface area contributed by atoms with Crippen molar-refractivity contribution in [3.63, 3.8) is 0 Å². The summed E-state index contributed by atoms with van der Waals surface area (Å²) in [7, 11) is 0. The first kappa shape index (κ1) is 19.6. The van der Waals surface area contributed by atoms with Crippen LogP contribution in [0.5, 0.6) is 0 Å². The molecule has 142 valence electrons. The van der Waals surface area contributed by atoms with Crippen LogP contribution in [0.1, 0.15) is 6.92 Å². The molecule has 0 aliphatic carbocycles. The number of esters is 1. The van der Waals surface area contributed by atoms with Gasteiger partial charge in [0.15, 0.2) is 10.8 Å². The van der Waals surface area contributed by atoms with Gasteiger partial charge in [-0.05, 0) is 18.2 Å². The smallest absolute Gasteiger partial charge is 0.302 e. The number of hydrogen-bond acceptors (Lipinski definition) is 7. The van der Waals surface area contributed by atoms with Gasteiger partial charge in [-0.1, -0.05) is 34.8 Å². The van der Waals surface area contributed by atoms with Gasteiger partial charge in [0.2, 0.25) is 5.95 Å². The molecule has 0 aliphatic rings. The van der Waals surface area contributed by atoms with Crippen molar-refractivity contribution in [1.29, 1.82) is 0 Å². The maximum absolute atomic E-state index is 10.7. The van der Waals surface area contributed by atoms with Crippen LogP contribution in [0.3, 0.4) is 0 Å². The van der Waals surface area contributed by atoms with Crippen molar-refractivity contribution >= 4 is 63.6 Å². The van der Waals surface area contributed by atoms with Crippen molar-refractivity contribution in [2.24, 2.45) is 0 Å². The third-order valence-electron chi connectivity index (χ3n) is 3.30. The number of aromatic nitrogens is 4. The lowest BCUT2D eigenvalue weighted by molar-refractivity contribution is -0.142. The second kappa shape index (κ2) is 8.71. The summed E-state index contributed by atoms with van der Waals surface area (Å²) in [5.41, 5.74) is 1.54. The Kier molecular flexibility index (Phi) is 6.33. The minimum Gasteiger partial charge on any atom is -0.463 e. The molecule has 2 heterocycles. The molecule has 0 amide bonds. The molecule has 0 bridgehead atoms. The molecule has 1 N–H and O–H groups in total. The molecule has 0 saturated heterocycles. The second-order valence-electron chi connectivity index (χ2n) is 5.39. The van der Waals surface area contributed by atoms with E-state index in [1.807, 2.05) is 0 Å². The van der Waals surface area contributed by atoms with Gasteiger partial charge in [0, 0.05) is 22.7 Å². The zero-order valence-corrected chi connectivity index (χ0v) is 16.3. The average molecular weight is 431 g/mol. The minimum atomic E-state index is -0.358. The molecule has 1 aromatic carbocycles. The highest BCUT2D eigenvalue weighted by Crippen LogP contribution is 2.26. The SMILES string of the molecule is CC(=O)OCCOCn1cnc2c(Cl)nc(Nc3cc(Cl)cc(Cl)c3)nc21. The van der Waals surface area contributed by atoms with E-state index in [9.17, 15) is 4.79 Å². The maximum atomic E-state index is 10.7. The molecule has 0 aliphatic heterocycles. The number of rotatable bonds is 7. The van der Waals surface area contributed by atoms with Gasteiger partial charge in [-0.25, -0.2) is 4.98 Å². The van der Waals surface area contributed by atoms with Gasteiger partial charge >= 0.3 is 5.97 Å². The van der Waals surface area contributed by atoms with E-state index in [0.717, 1.165) is 0 Å². The molecule has 8 nitrogen and oxygen atoms in total. The fourth-order valence-electron chi connectivity index (χ4n) is 2.22. The van der Waals surface area contributed by atoms with Crippen molar-refractivity contribution in [1.82, 2.24) is 19.5 Å². The molecule has 3 aromatic rings. The van der Waals surface area contributed by atoms with Crippen molar-refractivity contribution in [3.8, 4) is 0 Å². The van der Waals surface area contributed by atoms with Crippen molar-refractivity contribution < 1.29 is 14.3 Å². The van der Waals surface area contributed by atoms with Crippen molar-refractivity contribution in [2.75, 3.05) is 18.5 Å². The van der Waals surface area contributed by atoms with Crippen molar-refractivity contribution in [2.45, 2.75) is 13.7 Å². The number of imidazole rings is 1. The van der Waals surface area contributed by atoms with Crippen LogP contribution in [0.15, 0.2) is 24.5 Å². The number of halogens is 3. The number of carbonyl (C=O) groups is 1. The van der Waals surface area contributed by atoms with Gasteiger partial charge in [0.25, 0.3) is 0 Å². The van der Waals surface area contributed by atoms with Crippen LogP contribution in [0, 0.1) is 0 Å². The Morgan fingerprint density at radius 2 is 1.89 bits per heavy atom. The van der Waals surface area contributed by atoms with Gasteiger partial charge in [0.1, 0.15) is 18.9 Å². The molecule has 0 spiro atoms. The molecule has 0 radical (unpaired) electrons.